The van der Waals surface area contributed by atoms with E-state index in [2.05, 4.69) is 6.92 Å². The van der Waals surface area contributed by atoms with Gasteiger partial charge in [-0.15, -0.1) is 0 Å². The molecule has 1 amide bonds. The van der Waals surface area contributed by atoms with Gasteiger partial charge in [0.1, 0.15) is 0 Å². The maximum absolute atomic E-state index is 12.5. The standard InChI is InChI=1S/C15H23N3O/c1-11-6-4-5-9-18(11)15(19)12-7-8-14(17(2)3)13(16)10-12/h7-8,10-11H,4-6,9,16H2,1-3H3. The van der Waals surface area contributed by atoms with Crippen LogP contribution in [0.1, 0.15) is 36.5 Å². The molecule has 1 saturated heterocycles. The van der Waals surface area contributed by atoms with E-state index in [1.54, 1.807) is 6.07 Å². The first-order valence-corrected chi connectivity index (χ1v) is 6.88. The fraction of sp³-hybridized carbons (Fsp3) is 0.533. The minimum atomic E-state index is 0.101. The Labute approximate surface area is 115 Å². The summed E-state index contributed by atoms with van der Waals surface area (Å²) in [6.45, 7) is 2.98. The lowest BCUT2D eigenvalue weighted by Gasteiger charge is -2.33. The van der Waals surface area contributed by atoms with Crippen LogP contribution in [0.3, 0.4) is 0 Å². The van der Waals surface area contributed by atoms with Crippen molar-refractivity contribution in [2.24, 2.45) is 0 Å². The van der Waals surface area contributed by atoms with Gasteiger partial charge in [0.25, 0.3) is 5.91 Å². The van der Waals surface area contributed by atoms with Gasteiger partial charge in [0, 0.05) is 32.2 Å². The molecule has 0 aromatic heterocycles. The third-order valence-corrected chi connectivity index (χ3v) is 3.82. The van der Waals surface area contributed by atoms with Crippen LogP contribution in [0.15, 0.2) is 18.2 Å². The second kappa shape index (κ2) is 5.51. The van der Waals surface area contributed by atoms with Crippen LogP contribution in [0.4, 0.5) is 11.4 Å². The molecule has 2 rings (SSSR count). The topological polar surface area (TPSA) is 49.6 Å². The Morgan fingerprint density at radius 2 is 2.11 bits per heavy atom. The molecule has 0 bridgehead atoms. The van der Waals surface area contributed by atoms with Crippen molar-refractivity contribution in [2.75, 3.05) is 31.3 Å². The Kier molecular flexibility index (Phi) is 3.98. The van der Waals surface area contributed by atoms with E-state index in [-0.39, 0.29) is 5.91 Å². The van der Waals surface area contributed by atoms with E-state index in [9.17, 15) is 4.79 Å². The molecule has 104 valence electrons. The number of nitrogen functional groups attached to an aromatic ring is 1. The van der Waals surface area contributed by atoms with Crippen molar-refractivity contribution in [1.29, 1.82) is 0 Å². The van der Waals surface area contributed by atoms with Gasteiger partial charge in [-0.1, -0.05) is 0 Å². The number of hydrogen-bond donors (Lipinski definition) is 1. The zero-order valence-corrected chi connectivity index (χ0v) is 12.0. The molecule has 2 N–H and O–H groups in total. The van der Waals surface area contributed by atoms with Crippen LogP contribution in [0.2, 0.25) is 0 Å². The molecule has 1 heterocycles. The predicted octanol–water partition coefficient (Wildman–Crippen LogP) is 2.35. The summed E-state index contributed by atoms with van der Waals surface area (Å²) in [5.41, 5.74) is 8.30. The molecular formula is C15H23N3O. The summed E-state index contributed by atoms with van der Waals surface area (Å²) in [6, 6.07) is 5.90. The summed E-state index contributed by atoms with van der Waals surface area (Å²) in [6.07, 6.45) is 3.41. The molecule has 1 aliphatic heterocycles. The van der Waals surface area contributed by atoms with Crippen molar-refractivity contribution < 1.29 is 4.79 Å². The number of nitrogens with two attached hydrogens (primary N) is 1. The first-order valence-electron chi connectivity index (χ1n) is 6.88. The van der Waals surface area contributed by atoms with Crippen LogP contribution in [0, 0.1) is 0 Å². The lowest BCUT2D eigenvalue weighted by molar-refractivity contribution is 0.0635. The van der Waals surface area contributed by atoms with E-state index in [4.69, 9.17) is 5.73 Å². The molecular weight excluding hydrogens is 238 g/mol. The summed E-state index contributed by atoms with van der Waals surface area (Å²) in [5, 5.41) is 0. The number of piperidine rings is 1. The lowest BCUT2D eigenvalue weighted by Crippen LogP contribution is -2.42. The Bertz CT molecular complexity index is 470. The van der Waals surface area contributed by atoms with Gasteiger partial charge in [0.05, 0.1) is 11.4 Å². The number of benzene rings is 1. The highest BCUT2D eigenvalue weighted by Crippen LogP contribution is 2.25. The number of carbonyl (C=O) groups is 1. The van der Waals surface area contributed by atoms with E-state index in [0.29, 0.717) is 17.3 Å². The maximum atomic E-state index is 12.5. The van der Waals surface area contributed by atoms with Crippen molar-refractivity contribution >= 4 is 17.3 Å². The third kappa shape index (κ3) is 2.83. The molecule has 0 saturated carbocycles. The largest absolute Gasteiger partial charge is 0.397 e. The summed E-state index contributed by atoms with van der Waals surface area (Å²) in [7, 11) is 3.89. The van der Waals surface area contributed by atoms with Crippen LogP contribution >= 0.6 is 0 Å². The minimum Gasteiger partial charge on any atom is -0.397 e. The molecule has 4 heteroatoms. The highest BCUT2D eigenvalue weighted by Gasteiger charge is 2.24. The van der Waals surface area contributed by atoms with Gasteiger partial charge in [-0.3, -0.25) is 4.79 Å². The monoisotopic (exact) mass is 261 g/mol. The Morgan fingerprint density at radius 3 is 2.68 bits per heavy atom. The number of nitrogens with zero attached hydrogens (tertiary/aromatic N) is 2. The van der Waals surface area contributed by atoms with E-state index in [0.717, 1.165) is 25.1 Å². The zero-order valence-electron chi connectivity index (χ0n) is 12.0. The van der Waals surface area contributed by atoms with Gasteiger partial charge in [-0.25, -0.2) is 0 Å². The number of rotatable bonds is 2. The zero-order chi connectivity index (χ0) is 14.0. The van der Waals surface area contributed by atoms with Gasteiger partial charge in [0.2, 0.25) is 0 Å². The number of amides is 1. The van der Waals surface area contributed by atoms with E-state index in [1.807, 2.05) is 36.0 Å². The van der Waals surface area contributed by atoms with Crippen molar-refractivity contribution in [1.82, 2.24) is 4.90 Å². The average molecular weight is 261 g/mol. The molecule has 0 aliphatic carbocycles. The van der Waals surface area contributed by atoms with Gasteiger partial charge >= 0.3 is 0 Å². The summed E-state index contributed by atoms with van der Waals surface area (Å²) >= 11 is 0. The summed E-state index contributed by atoms with van der Waals surface area (Å²) < 4.78 is 0. The molecule has 1 aromatic carbocycles. The quantitative estimate of drug-likeness (QED) is 0.831. The van der Waals surface area contributed by atoms with Crippen molar-refractivity contribution in [2.45, 2.75) is 32.2 Å². The molecule has 1 unspecified atom stereocenters. The van der Waals surface area contributed by atoms with Crippen LogP contribution in [-0.4, -0.2) is 37.5 Å². The summed E-state index contributed by atoms with van der Waals surface area (Å²) in [5.74, 6) is 0.101. The number of carbonyl (C=O) groups excluding carboxylic acids is 1. The van der Waals surface area contributed by atoms with Crippen molar-refractivity contribution in [3.63, 3.8) is 0 Å². The number of likely N-dealkylation sites (tertiary alicyclic amines) is 1. The average Bonchev–Trinajstić information content (AvgIpc) is 2.38. The normalized spacial score (nSPS) is 19.3. The van der Waals surface area contributed by atoms with Crippen molar-refractivity contribution in [3.05, 3.63) is 23.8 Å². The van der Waals surface area contributed by atoms with Gasteiger partial charge in [0.15, 0.2) is 0 Å². The SMILES string of the molecule is CC1CCCCN1C(=O)c1ccc(N(C)C)c(N)c1. The lowest BCUT2D eigenvalue weighted by atomic mass is 10.0. The Morgan fingerprint density at radius 1 is 1.37 bits per heavy atom. The van der Waals surface area contributed by atoms with Gasteiger partial charge < -0.3 is 15.5 Å². The third-order valence-electron chi connectivity index (χ3n) is 3.82. The highest BCUT2D eigenvalue weighted by atomic mass is 16.2. The molecule has 0 spiro atoms. The molecule has 0 radical (unpaired) electrons. The molecule has 1 aromatic rings. The van der Waals surface area contributed by atoms with Crippen LogP contribution < -0.4 is 10.6 Å². The van der Waals surface area contributed by atoms with E-state index in [1.165, 1.54) is 6.42 Å². The van der Waals surface area contributed by atoms with Gasteiger partial charge in [-0.2, -0.15) is 0 Å². The smallest absolute Gasteiger partial charge is 0.254 e. The predicted molar refractivity (Wildman–Crippen MR) is 79.5 cm³/mol. The summed E-state index contributed by atoms with van der Waals surface area (Å²) in [4.78, 5) is 16.4. The number of hydrogen-bond acceptors (Lipinski definition) is 3. The van der Waals surface area contributed by atoms with Crippen LogP contribution in [-0.2, 0) is 0 Å². The fourth-order valence-corrected chi connectivity index (χ4v) is 2.66. The van der Waals surface area contributed by atoms with Crippen LogP contribution in [0.25, 0.3) is 0 Å². The minimum absolute atomic E-state index is 0.101. The molecule has 19 heavy (non-hydrogen) atoms. The number of anilines is 2. The first kappa shape index (κ1) is 13.7. The van der Waals surface area contributed by atoms with E-state index < -0.39 is 0 Å². The maximum Gasteiger partial charge on any atom is 0.254 e. The van der Waals surface area contributed by atoms with Crippen LogP contribution in [0.5, 0.6) is 0 Å². The van der Waals surface area contributed by atoms with Gasteiger partial charge in [-0.05, 0) is 44.4 Å². The van der Waals surface area contributed by atoms with E-state index >= 15 is 0 Å². The fourth-order valence-electron chi connectivity index (χ4n) is 2.66. The second-order valence-corrected chi connectivity index (χ2v) is 5.51. The second-order valence-electron chi connectivity index (χ2n) is 5.51. The molecule has 4 nitrogen and oxygen atoms in total. The molecule has 1 aliphatic rings. The first-order chi connectivity index (χ1) is 9.00. The highest BCUT2D eigenvalue weighted by molar-refractivity contribution is 5.96. The molecule has 1 fully saturated rings. The Hall–Kier alpha value is -1.71. The molecule has 1 atom stereocenters. The van der Waals surface area contributed by atoms with Crippen molar-refractivity contribution in [3.8, 4) is 0 Å². The Balaban J connectivity index is 2.22.